The molecule has 150 valence electrons. The van der Waals surface area contributed by atoms with Gasteiger partial charge in [-0.2, -0.15) is 0 Å². The van der Waals surface area contributed by atoms with Crippen molar-refractivity contribution in [1.82, 2.24) is 4.57 Å². The van der Waals surface area contributed by atoms with Crippen LogP contribution in [0.5, 0.6) is 11.6 Å². The van der Waals surface area contributed by atoms with E-state index in [0.717, 1.165) is 11.1 Å². The van der Waals surface area contributed by atoms with Crippen LogP contribution in [0.4, 0.5) is 10.1 Å². The fourth-order valence-corrected chi connectivity index (χ4v) is 3.92. The first kappa shape index (κ1) is 18.3. The Hall–Kier alpha value is -3.71. The van der Waals surface area contributed by atoms with E-state index < -0.39 is 5.82 Å². The molecule has 1 aliphatic heterocycles. The summed E-state index contributed by atoms with van der Waals surface area (Å²) >= 11 is 0. The van der Waals surface area contributed by atoms with Gasteiger partial charge in [-0.05, 0) is 40.6 Å². The average molecular weight is 404 g/mol. The van der Waals surface area contributed by atoms with Gasteiger partial charge in [0.2, 0.25) is 5.88 Å². The summed E-state index contributed by atoms with van der Waals surface area (Å²) in [6.45, 7) is 0.428. The normalized spacial score (nSPS) is 13.1. The van der Waals surface area contributed by atoms with Gasteiger partial charge in [-0.15, -0.1) is 4.91 Å². The molecule has 6 nitrogen and oxygen atoms in total. The van der Waals surface area contributed by atoms with Crippen molar-refractivity contribution in [2.45, 2.75) is 13.2 Å². The number of aromatic hydroxyl groups is 1. The molecule has 5 rings (SSSR count). The van der Waals surface area contributed by atoms with Crippen molar-refractivity contribution < 1.29 is 19.0 Å². The van der Waals surface area contributed by atoms with Crippen molar-refractivity contribution >= 4 is 16.6 Å². The minimum atomic E-state index is -0.424. The largest absolute Gasteiger partial charge is 0.493 e. The highest BCUT2D eigenvalue weighted by atomic mass is 19.1. The molecule has 2 heterocycles. The molecule has 0 radical (unpaired) electrons. The quantitative estimate of drug-likeness (QED) is 0.458. The monoisotopic (exact) mass is 404 g/mol. The first-order chi connectivity index (χ1) is 14.7. The maximum Gasteiger partial charge on any atom is 0.222 e. The van der Waals surface area contributed by atoms with E-state index in [1.54, 1.807) is 10.6 Å². The van der Waals surface area contributed by atoms with E-state index in [-0.39, 0.29) is 31.5 Å². The topological polar surface area (TPSA) is 73.0 Å². The lowest BCUT2D eigenvalue weighted by Crippen LogP contribution is -2.14. The predicted molar refractivity (Wildman–Crippen MR) is 110 cm³/mol. The van der Waals surface area contributed by atoms with Crippen molar-refractivity contribution in [3.8, 4) is 22.8 Å². The van der Waals surface area contributed by atoms with E-state index in [9.17, 15) is 14.4 Å². The minimum absolute atomic E-state index is 0.0425. The lowest BCUT2D eigenvalue weighted by atomic mass is 10.0. The number of nitrogens with zero attached hydrogens (tertiary/aromatic N) is 2. The zero-order valence-electron chi connectivity index (χ0n) is 15.8. The van der Waals surface area contributed by atoms with Crippen LogP contribution in [0.25, 0.3) is 22.0 Å². The maximum atomic E-state index is 14.2. The van der Waals surface area contributed by atoms with Gasteiger partial charge in [-0.1, -0.05) is 36.4 Å². The molecule has 0 spiro atoms. The number of nitroso groups, excluding NO2 is 1. The van der Waals surface area contributed by atoms with Crippen molar-refractivity contribution in [2.75, 3.05) is 6.79 Å². The van der Waals surface area contributed by atoms with Crippen LogP contribution >= 0.6 is 0 Å². The van der Waals surface area contributed by atoms with Crippen LogP contribution in [-0.4, -0.2) is 16.5 Å². The number of fused-ring (bicyclic) bond motifs is 2. The Morgan fingerprint density at radius 2 is 1.90 bits per heavy atom. The van der Waals surface area contributed by atoms with Gasteiger partial charge in [0.25, 0.3) is 0 Å². The zero-order chi connectivity index (χ0) is 20.7. The molecule has 0 saturated heterocycles. The Bertz CT molecular complexity index is 1270. The Morgan fingerprint density at radius 1 is 1.07 bits per heavy atom. The molecule has 0 amide bonds. The van der Waals surface area contributed by atoms with Crippen LogP contribution in [0.3, 0.4) is 0 Å². The summed E-state index contributed by atoms with van der Waals surface area (Å²) in [6, 6.07) is 18.0. The summed E-state index contributed by atoms with van der Waals surface area (Å²) in [4.78, 5) is 11.4. The Morgan fingerprint density at radius 3 is 2.70 bits per heavy atom. The van der Waals surface area contributed by atoms with Gasteiger partial charge in [0.05, 0.1) is 18.7 Å². The van der Waals surface area contributed by atoms with E-state index >= 15 is 0 Å². The number of rotatable bonds is 4. The van der Waals surface area contributed by atoms with Crippen LogP contribution in [0, 0.1) is 10.7 Å². The molecule has 0 aliphatic carbocycles. The van der Waals surface area contributed by atoms with Crippen molar-refractivity contribution in [3.05, 3.63) is 82.5 Å². The highest BCUT2D eigenvalue weighted by Gasteiger charge is 2.22. The van der Waals surface area contributed by atoms with Gasteiger partial charge in [-0.3, -0.25) is 0 Å². The number of benzene rings is 3. The van der Waals surface area contributed by atoms with Gasteiger partial charge in [0, 0.05) is 16.5 Å². The molecule has 30 heavy (non-hydrogen) atoms. The highest BCUT2D eigenvalue weighted by Crippen LogP contribution is 2.41. The van der Waals surface area contributed by atoms with Gasteiger partial charge in [-0.25, -0.2) is 4.39 Å². The molecule has 0 fully saturated rings. The number of hydrogen-bond acceptors (Lipinski definition) is 5. The summed E-state index contributed by atoms with van der Waals surface area (Å²) < 4.78 is 26.6. The van der Waals surface area contributed by atoms with E-state index in [1.165, 1.54) is 12.1 Å². The SMILES string of the molecule is O=Nc1c(O)n(Cc2cc(F)cc3c2OCOC3)c2cc(-c3ccccc3)ccc12. The smallest absolute Gasteiger partial charge is 0.222 e. The van der Waals surface area contributed by atoms with E-state index in [4.69, 9.17) is 9.47 Å². The van der Waals surface area contributed by atoms with Gasteiger partial charge >= 0.3 is 0 Å². The molecule has 7 heteroatoms. The minimum Gasteiger partial charge on any atom is -0.493 e. The molecule has 1 aromatic heterocycles. The summed E-state index contributed by atoms with van der Waals surface area (Å²) in [7, 11) is 0. The number of aromatic nitrogens is 1. The van der Waals surface area contributed by atoms with E-state index in [2.05, 4.69) is 5.18 Å². The van der Waals surface area contributed by atoms with Crippen LogP contribution in [0.2, 0.25) is 0 Å². The van der Waals surface area contributed by atoms with Gasteiger partial charge in [0.1, 0.15) is 11.6 Å². The summed E-state index contributed by atoms with van der Waals surface area (Å²) in [5, 5.41) is 14.3. The number of ether oxygens (including phenoxy) is 2. The molecular weight excluding hydrogens is 387 g/mol. The molecule has 3 aromatic carbocycles. The Labute approximate surface area is 171 Å². The molecule has 1 aliphatic rings. The van der Waals surface area contributed by atoms with Crippen LogP contribution in [0.1, 0.15) is 11.1 Å². The van der Waals surface area contributed by atoms with Crippen molar-refractivity contribution in [1.29, 1.82) is 0 Å². The molecule has 0 saturated carbocycles. The highest BCUT2D eigenvalue weighted by molar-refractivity contribution is 5.97. The fourth-order valence-electron chi connectivity index (χ4n) is 3.92. The average Bonchev–Trinajstić information content (AvgIpc) is 3.04. The summed E-state index contributed by atoms with van der Waals surface area (Å²) in [5.74, 6) is -0.161. The second-order valence-corrected chi connectivity index (χ2v) is 7.11. The third-order valence-electron chi connectivity index (χ3n) is 5.29. The molecule has 0 bridgehead atoms. The fraction of sp³-hybridized carbons (Fsp3) is 0.130. The first-order valence-corrected chi connectivity index (χ1v) is 9.41. The van der Waals surface area contributed by atoms with Crippen molar-refractivity contribution in [2.24, 2.45) is 5.18 Å². The molecular formula is C23H17FN2O4. The molecule has 1 N–H and O–H groups in total. The predicted octanol–water partition coefficient (Wildman–Crippen LogP) is 5.47. The first-order valence-electron chi connectivity index (χ1n) is 9.41. The van der Waals surface area contributed by atoms with Crippen LogP contribution in [0.15, 0.2) is 65.8 Å². The second kappa shape index (κ2) is 7.27. The van der Waals surface area contributed by atoms with Crippen LogP contribution in [-0.2, 0) is 17.9 Å². The van der Waals surface area contributed by atoms with Gasteiger partial charge < -0.3 is 19.1 Å². The van der Waals surface area contributed by atoms with Crippen LogP contribution < -0.4 is 4.74 Å². The maximum absolute atomic E-state index is 14.2. The summed E-state index contributed by atoms with van der Waals surface area (Å²) in [5.41, 5.74) is 3.64. The molecule has 0 unspecified atom stereocenters. The van der Waals surface area contributed by atoms with E-state index in [1.807, 2.05) is 42.5 Å². The van der Waals surface area contributed by atoms with E-state index in [0.29, 0.717) is 27.8 Å². The second-order valence-electron chi connectivity index (χ2n) is 7.11. The Balaban J connectivity index is 1.68. The Kier molecular flexibility index (Phi) is 4.44. The third-order valence-corrected chi connectivity index (χ3v) is 5.29. The summed E-state index contributed by atoms with van der Waals surface area (Å²) in [6.07, 6.45) is 0. The lowest BCUT2D eigenvalue weighted by molar-refractivity contribution is -0.0173. The molecule has 0 atom stereocenters. The standard InChI is InChI=1S/C23H17FN2O4/c24-18-8-16(22-17(9-18)12-29-13-30-22)11-26-20-10-15(14-4-2-1-3-5-14)6-7-19(20)21(25-28)23(26)27/h1-10,27H,11-13H2. The number of hydrogen-bond donors (Lipinski definition) is 1. The number of halogens is 1. The van der Waals surface area contributed by atoms with Crippen molar-refractivity contribution in [3.63, 3.8) is 0 Å². The third kappa shape index (κ3) is 3.00. The zero-order valence-corrected chi connectivity index (χ0v) is 15.8. The molecule has 4 aromatic rings. The van der Waals surface area contributed by atoms with Gasteiger partial charge in [0.15, 0.2) is 12.5 Å². The lowest BCUT2D eigenvalue weighted by Gasteiger charge is -2.21.